The Bertz CT molecular complexity index is 1680. The number of halogens is 1. The van der Waals surface area contributed by atoms with Crippen molar-refractivity contribution in [1.29, 1.82) is 0 Å². The van der Waals surface area contributed by atoms with Gasteiger partial charge in [-0.05, 0) is 74.7 Å². The number of anilines is 1. The Kier molecular flexibility index (Phi) is 11.1. The van der Waals surface area contributed by atoms with E-state index in [4.69, 9.17) is 0 Å². The summed E-state index contributed by atoms with van der Waals surface area (Å²) >= 11 is 0. The number of rotatable bonds is 13. The highest BCUT2D eigenvalue weighted by Crippen LogP contribution is 2.26. The largest absolute Gasteiger partial charge is 0.352 e. The predicted molar refractivity (Wildman–Crippen MR) is 176 cm³/mol. The average molecular weight is 630 g/mol. The highest BCUT2D eigenvalue weighted by molar-refractivity contribution is 7.92. The monoisotopic (exact) mass is 629 g/mol. The topological polar surface area (TPSA) is 86.8 Å². The fourth-order valence-corrected chi connectivity index (χ4v) is 6.27. The standard InChI is InChI=1S/C36H40FN3O4S/c1-5-28(4)38-36(42)34(23-29-9-7-6-8-10-29)39(24-30-15-17-31(37)18-16-30)35(41)25-40(32-19-11-26(2)12-20-32)45(43,44)33-21-13-27(3)14-22-33/h6-22,28,34H,5,23-25H2,1-4H3,(H,38,42)/t28-,34+/m1/s1. The molecule has 4 rings (SSSR count). The van der Waals surface area contributed by atoms with E-state index in [0.717, 1.165) is 21.0 Å². The molecule has 7 nitrogen and oxygen atoms in total. The molecule has 0 aliphatic rings. The quantitative estimate of drug-likeness (QED) is 0.191. The number of amides is 2. The van der Waals surface area contributed by atoms with Gasteiger partial charge in [-0.1, -0.05) is 84.8 Å². The van der Waals surface area contributed by atoms with Gasteiger partial charge in [-0.25, -0.2) is 12.8 Å². The van der Waals surface area contributed by atoms with Gasteiger partial charge in [0.1, 0.15) is 18.4 Å². The molecule has 4 aromatic carbocycles. The van der Waals surface area contributed by atoms with Crippen molar-refractivity contribution < 1.29 is 22.4 Å². The van der Waals surface area contributed by atoms with Crippen molar-refractivity contribution in [2.45, 2.75) is 64.1 Å². The van der Waals surface area contributed by atoms with E-state index in [9.17, 15) is 22.4 Å². The zero-order valence-corrected chi connectivity index (χ0v) is 26.9. The second-order valence-corrected chi connectivity index (χ2v) is 13.2. The third-order valence-corrected chi connectivity index (χ3v) is 9.54. The summed E-state index contributed by atoms with van der Waals surface area (Å²) in [5.74, 6) is -1.36. The number of nitrogens with zero attached hydrogens (tertiary/aromatic N) is 2. The van der Waals surface area contributed by atoms with Gasteiger partial charge in [-0.15, -0.1) is 0 Å². The summed E-state index contributed by atoms with van der Waals surface area (Å²) < 4.78 is 43.1. The van der Waals surface area contributed by atoms with Gasteiger partial charge in [0.2, 0.25) is 11.8 Å². The van der Waals surface area contributed by atoms with E-state index in [2.05, 4.69) is 5.32 Å². The maximum atomic E-state index is 14.5. The van der Waals surface area contributed by atoms with E-state index in [1.165, 1.54) is 29.2 Å². The molecule has 0 heterocycles. The highest BCUT2D eigenvalue weighted by Gasteiger charge is 2.35. The lowest BCUT2D eigenvalue weighted by molar-refractivity contribution is -0.140. The molecule has 0 radical (unpaired) electrons. The Hall–Kier alpha value is -4.50. The first-order valence-corrected chi connectivity index (χ1v) is 16.5. The fraction of sp³-hybridized carbons (Fsp3) is 0.278. The van der Waals surface area contributed by atoms with Crippen molar-refractivity contribution in [2.75, 3.05) is 10.8 Å². The molecule has 2 atom stereocenters. The predicted octanol–water partition coefficient (Wildman–Crippen LogP) is 6.19. The van der Waals surface area contributed by atoms with Crippen LogP contribution in [0.4, 0.5) is 10.1 Å². The zero-order valence-electron chi connectivity index (χ0n) is 26.1. The Morgan fingerprint density at radius 3 is 1.96 bits per heavy atom. The van der Waals surface area contributed by atoms with Gasteiger partial charge < -0.3 is 10.2 Å². The number of aryl methyl sites for hydroxylation is 2. The number of nitrogens with one attached hydrogen (secondary N) is 1. The molecule has 4 aromatic rings. The second kappa shape index (κ2) is 15.0. The lowest BCUT2D eigenvalue weighted by Gasteiger charge is -2.34. The third-order valence-electron chi connectivity index (χ3n) is 7.75. The minimum atomic E-state index is -4.18. The van der Waals surface area contributed by atoms with Crippen LogP contribution in [0.25, 0.3) is 0 Å². The van der Waals surface area contributed by atoms with Crippen LogP contribution in [-0.4, -0.2) is 43.8 Å². The Balaban J connectivity index is 1.80. The molecule has 0 aromatic heterocycles. The molecule has 1 N–H and O–H groups in total. The van der Waals surface area contributed by atoms with Crippen LogP contribution in [0.3, 0.4) is 0 Å². The molecule has 0 saturated heterocycles. The van der Waals surface area contributed by atoms with Crippen molar-refractivity contribution >= 4 is 27.5 Å². The molecule has 0 unspecified atom stereocenters. The first-order chi connectivity index (χ1) is 21.5. The number of hydrogen-bond acceptors (Lipinski definition) is 4. The van der Waals surface area contributed by atoms with Gasteiger partial charge in [0, 0.05) is 19.0 Å². The van der Waals surface area contributed by atoms with E-state index in [1.807, 2.05) is 58.0 Å². The summed E-state index contributed by atoms with van der Waals surface area (Å²) in [5, 5.41) is 3.01. The van der Waals surface area contributed by atoms with Gasteiger partial charge in [0.15, 0.2) is 0 Å². The maximum absolute atomic E-state index is 14.5. The summed E-state index contributed by atoms with van der Waals surface area (Å²) in [4.78, 5) is 29.8. The summed E-state index contributed by atoms with van der Waals surface area (Å²) in [6.07, 6.45) is 0.886. The number of carbonyl (C=O) groups is 2. The molecule has 45 heavy (non-hydrogen) atoms. The Labute approximate surface area is 265 Å². The molecule has 0 spiro atoms. The van der Waals surface area contributed by atoms with Crippen LogP contribution in [0.1, 0.15) is 42.5 Å². The van der Waals surface area contributed by atoms with Crippen LogP contribution in [0.5, 0.6) is 0 Å². The fourth-order valence-electron chi connectivity index (χ4n) is 4.86. The Morgan fingerprint density at radius 1 is 0.800 bits per heavy atom. The summed E-state index contributed by atoms with van der Waals surface area (Å²) in [6.45, 7) is 7.01. The molecule has 0 saturated carbocycles. The molecule has 0 fully saturated rings. The van der Waals surface area contributed by atoms with Crippen LogP contribution in [0.15, 0.2) is 108 Å². The number of benzene rings is 4. The van der Waals surface area contributed by atoms with Crippen LogP contribution < -0.4 is 9.62 Å². The zero-order chi connectivity index (χ0) is 32.6. The van der Waals surface area contributed by atoms with Gasteiger partial charge in [-0.2, -0.15) is 0 Å². The molecule has 236 valence electrons. The van der Waals surface area contributed by atoms with Crippen LogP contribution >= 0.6 is 0 Å². The van der Waals surface area contributed by atoms with E-state index < -0.39 is 34.3 Å². The Morgan fingerprint density at radius 2 is 1.38 bits per heavy atom. The smallest absolute Gasteiger partial charge is 0.264 e. The number of hydrogen-bond donors (Lipinski definition) is 1. The molecule has 0 bridgehead atoms. The van der Waals surface area contributed by atoms with E-state index in [-0.39, 0.29) is 29.8 Å². The van der Waals surface area contributed by atoms with Crippen molar-refractivity contribution in [3.8, 4) is 0 Å². The van der Waals surface area contributed by atoms with E-state index in [1.54, 1.807) is 48.5 Å². The maximum Gasteiger partial charge on any atom is 0.264 e. The molecular weight excluding hydrogens is 589 g/mol. The lowest BCUT2D eigenvalue weighted by atomic mass is 10.0. The summed E-state index contributed by atoms with van der Waals surface area (Å²) in [7, 11) is -4.18. The number of carbonyl (C=O) groups excluding carboxylic acids is 2. The second-order valence-electron chi connectivity index (χ2n) is 11.3. The van der Waals surface area contributed by atoms with Gasteiger partial charge >= 0.3 is 0 Å². The molecule has 2 amide bonds. The van der Waals surface area contributed by atoms with Crippen molar-refractivity contribution in [3.05, 3.63) is 131 Å². The minimum absolute atomic E-state index is 0.0309. The molecular formula is C36H40FN3O4S. The first-order valence-electron chi connectivity index (χ1n) is 15.0. The van der Waals surface area contributed by atoms with Crippen molar-refractivity contribution in [3.63, 3.8) is 0 Å². The van der Waals surface area contributed by atoms with Gasteiger partial charge in [-0.3, -0.25) is 13.9 Å². The van der Waals surface area contributed by atoms with E-state index in [0.29, 0.717) is 17.7 Å². The first kappa shape index (κ1) is 33.4. The minimum Gasteiger partial charge on any atom is -0.352 e. The summed E-state index contributed by atoms with van der Waals surface area (Å²) in [5.41, 5.74) is 3.58. The third kappa shape index (κ3) is 8.79. The van der Waals surface area contributed by atoms with E-state index >= 15 is 0 Å². The SMILES string of the molecule is CC[C@@H](C)NC(=O)[C@H](Cc1ccccc1)N(Cc1ccc(F)cc1)C(=O)CN(c1ccc(C)cc1)S(=O)(=O)c1ccc(C)cc1. The molecule has 0 aliphatic carbocycles. The van der Waals surface area contributed by atoms with Crippen LogP contribution in [0, 0.1) is 19.7 Å². The molecule has 9 heteroatoms. The van der Waals surface area contributed by atoms with Crippen LogP contribution in [-0.2, 0) is 32.6 Å². The number of sulfonamides is 1. The van der Waals surface area contributed by atoms with Crippen LogP contribution in [0.2, 0.25) is 0 Å². The summed E-state index contributed by atoms with van der Waals surface area (Å²) in [6, 6.07) is 27.3. The molecule has 0 aliphatic heterocycles. The van der Waals surface area contributed by atoms with Crippen molar-refractivity contribution in [2.24, 2.45) is 0 Å². The van der Waals surface area contributed by atoms with Gasteiger partial charge in [0.05, 0.1) is 10.6 Å². The average Bonchev–Trinajstić information content (AvgIpc) is 3.03. The normalized spacial score (nSPS) is 12.6. The lowest BCUT2D eigenvalue weighted by Crippen LogP contribution is -2.54. The van der Waals surface area contributed by atoms with Crippen molar-refractivity contribution in [1.82, 2.24) is 10.2 Å². The van der Waals surface area contributed by atoms with Gasteiger partial charge in [0.25, 0.3) is 10.0 Å². The highest BCUT2D eigenvalue weighted by atomic mass is 32.2.